The first-order chi connectivity index (χ1) is 9.39. The van der Waals surface area contributed by atoms with Crippen LogP contribution >= 0.6 is 23.2 Å². The monoisotopic (exact) mass is 342 g/mol. The number of hydrogen-bond acceptors (Lipinski definition) is 2. The van der Waals surface area contributed by atoms with Crippen molar-refractivity contribution in [1.82, 2.24) is 4.90 Å². The molecule has 0 radical (unpaired) electrons. The maximum Gasteiger partial charge on any atom is 0.415 e. The van der Waals surface area contributed by atoms with E-state index in [9.17, 15) is 18.0 Å². The minimum atomic E-state index is -4.85. The summed E-state index contributed by atoms with van der Waals surface area (Å²) in [5.41, 5.74) is 2.66. The zero-order valence-corrected chi connectivity index (χ0v) is 13.1. The molecule has 1 amide bonds. The van der Waals surface area contributed by atoms with Crippen molar-refractivity contribution in [3.8, 4) is 0 Å². The van der Waals surface area contributed by atoms with Crippen molar-refractivity contribution in [3.63, 3.8) is 0 Å². The Morgan fingerprint density at radius 3 is 2.29 bits per heavy atom. The van der Waals surface area contributed by atoms with Gasteiger partial charge in [0, 0.05) is 17.1 Å². The van der Waals surface area contributed by atoms with Crippen LogP contribution in [0.3, 0.4) is 0 Å². The largest absolute Gasteiger partial charge is 0.415 e. The Morgan fingerprint density at radius 1 is 1.33 bits per heavy atom. The Bertz CT molecular complexity index is 547. The number of nitrogens with zero attached hydrogens (tertiary/aromatic N) is 1. The molecule has 0 spiro atoms. The molecule has 0 aliphatic heterocycles. The van der Waals surface area contributed by atoms with Crippen LogP contribution in [-0.2, 0) is 4.79 Å². The molecule has 1 aromatic rings. The topological polar surface area (TPSA) is 46.3 Å². The van der Waals surface area contributed by atoms with E-state index in [1.165, 1.54) is 13.1 Å². The van der Waals surface area contributed by atoms with Crippen LogP contribution in [0.25, 0.3) is 0 Å². The van der Waals surface area contributed by atoms with Gasteiger partial charge in [-0.2, -0.15) is 13.2 Å². The first-order valence-corrected chi connectivity index (χ1v) is 6.73. The summed E-state index contributed by atoms with van der Waals surface area (Å²) in [4.78, 5) is 12.9. The molecule has 0 aliphatic rings. The molecule has 1 aromatic carbocycles. The molecule has 0 heterocycles. The van der Waals surface area contributed by atoms with Gasteiger partial charge in [0.05, 0.1) is 6.04 Å². The summed E-state index contributed by atoms with van der Waals surface area (Å²) < 4.78 is 38.5. The second kappa shape index (κ2) is 6.02. The highest BCUT2D eigenvalue weighted by Gasteiger charge is 2.55. The van der Waals surface area contributed by atoms with Gasteiger partial charge < -0.3 is 10.6 Å². The van der Waals surface area contributed by atoms with Crippen molar-refractivity contribution in [2.75, 3.05) is 7.05 Å². The summed E-state index contributed by atoms with van der Waals surface area (Å²) in [5, 5.41) is 0.657. The van der Waals surface area contributed by atoms with Crippen molar-refractivity contribution in [3.05, 3.63) is 33.8 Å². The number of rotatable bonds is 3. The predicted molar refractivity (Wildman–Crippen MR) is 76.3 cm³/mol. The van der Waals surface area contributed by atoms with E-state index in [4.69, 9.17) is 28.9 Å². The standard InChI is InChI=1S/C13H15Cl2F3N2O/c1-7(9-5-4-8(14)6-10(9)15)20(3)11(21)12(2,19)13(16,17)18/h4-7H,19H2,1-3H3. The van der Waals surface area contributed by atoms with Crippen LogP contribution in [0.2, 0.25) is 10.0 Å². The van der Waals surface area contributed by atoms with Crippen LogP contribution in [0.15, 0.2) is 18.2 Å². The van der Waals surface area contributed by atoms with Crippen molar-refractivity contribution < 1.29 is 18.0 Å². The van der Waals surface area contributed by atoms with Crippen LogP contribution in [0, 0.1) is 0 Å². The summed E-state index contributed by atoms with van der Waals surface area (Å²) in [6.45, 7) is 2.20. The van der Waals surface area contributed by atoms with Crippen molar-refractivity contribution in [2.45, 2.75) is 31.6 Å². The number of halogens is 5. The normalized spacial score (nSPS) is 16.2. The Labute approximate surface area is 130 Å². The lowest BCUT2D eigenvalue weighted by molar-refractivity contribution is -0.194. The van der Waals surface area contributed by atoms with E-state index in [0.29, 0.717) is 17.5 Å². The third kappa shape index (κ3) is 3.62. The molecule has 0 saturated heterocycles. The van der Waals surface area contributed by atoms with Gasteiger partial charge in [0.2, 0.25) is 0 Å². The van der Waals surface area contributed by atoms with E-state index < -0.39 is 23.7 Å². The lowest BCUT2D eigenvalue weighted by Gasteiger charge is -2.34. The third-order valence-electron chi connectivity index (χ3n) is 3.35. The maximum absolute atomic E-state index is 12.8. The van der Waals surface area contributed by atoms with E-state index in [1.54, 1.807) is 19.1 Å². The van der Waals surface area contributed by atoms with Gasteiger partial charge >= 0.3 is 6.18 Å². The van der Waals surface area contributed by atoms with Gasteiger partial charge in [-0.3, -0.25) is 4.79 Å². The van der Waals surface area contributed by atoms with E-state index >= 15 is 0 Å². The highest BCUT2D eigenvalue weighted by molar-refractivity contribution is 6.35. The average molecular weight is 343 g/mol. The van der Waals surface area contributed by atoms with Crippen LogP contribution in [0.5, 0.6) is 0 Å². The second-order valence-corrected chi connectivity index (χ2v) is 5.80. The highest BCUT2D eigenvalue weighted by Crippen LogP contribution is 2.34. The minimum absolute atomic E-state index is 0.264. The fraction of sp³-hybridized carbons (Fsp3) is 0.462. The third-order valence-corrected chi connectivity index (χ3v) is 3.91. The molecule has 3 nitrogen and oxygen atoms in total. The SMILES string of the molecule is CC(c1ccc(Cl)cc1Cl)N(C)C(=O)C(C)(N)C(F)(F)F. The molecular weight excluding hydrogens is 328 g/mol. The zero-order chi connectivity index (χ0) is 16.6. The maximum atomic E-state index is 12.8. The fourth-order valence-electron chi connectivity index (χ4n) is 1.71. The second-order valence-electron chi connectivity index (χ2n) is 4.96. The molecule has 0 aromatic heterocycles. The number of alkyl halides is 3. The lowest BCUT2D eigenvalue weighted by Crippen LogP contribution is -2.61. The number of carbonyl (C=O) groups is 1. The molecule has 0 aliphatic carbocycles. The van der Waals surface area contributed by atoms with Gasteiger partial charge in [0.15, 0.2) is 5.54 Å². The van der Waals surface area contributed by atoms with Crippen LogP contribution in [-0.4, -0.2) is 29.6 Å². The summed E-state index contributed by atoms with van der Waals surface area (Å²) >= 11 is 11.8. The molecule has 8 heteroatoms. The van der Waals surface area contributed by atoms with E-state index in [-0.39, 0.29) is 5.02 Å². The first kappa shape index (κ1) is 18.1. The molecule has 21 heavy (non-hydrogen) atoms. The molecule has 0 bridgehead atoms. The van der Waals surface area contributed by atoms with Crippen molar-refractivity contribution in [1.29, 1.82) is 0 Å². The Morgan fingerprint density at radius 2 is 1.86 bits per heavy atom. The van der Waals surface area contributed by atoms with Crippen molar-refractivity contribution >= 4 is 29.1 Å². The van der Waals surface area contributed by atoms with Crippen molar-refractivity contribution in [2.24, 2.45) is 5.73 Å². The molecule has 118 valence electrons. The van der Waals surface area contributed by atoms with Crippen LogP contribution in [0.1, 0.15) is 25.5 Å². The molecule has 2 atom stereocenters. The molecule has 0 fully saturated rings. The number of benzene rings is 1. The lowest BCUT2D eigenvalue weighted by atomic mass is 9.99. The smallest absolute Gasteiger partial charge is 0.337 e. The number of amides is 1. The minimum Gasteiger partial charge on any atom is -0.337 e. The number of likely N-dealkylation sites (N-methyl/N-ethyl adjacent to an activating group) is 1. The van der Waals surface area contributed by atoms with Gasteiger partial charge in [0.25, 0.3) is 5.91 Å². The number of nitrogens with two attached hydrogens (primary N) is 1. The molecular formula is C13H15Cl2F3N2O. The summed E-state index contributed by atoms with van der Waals surface area (Å²) in [6, 6.07) is 3.87. The molecule has 2 unspecified atom stereocenters. The average Bonchev–Trinajstić information content (AvgIpc) is 2.34. The molecule has 0 saturated carbocycles. The van der Waals surface area contributed by atoms with Gasteiger partial charge in [-0.15, -0.1) is 0 Å². The fourth-order valence-corrected chi connectivity index (χ4v) is 2.28. The summed E-state index contributed by atoms with van der Waals surface area (Å²) in [5.74, 6) is -1.24. The Kier molecular flexibility index (Phi) is 5.18. The van der Waals surface area contributed by atoms with Gasteiger partial charge in [-0.25, -0.2) is 0 Å². The predicted octanol–water partition coefficient (Wildman–Crippen LogP) is 3.79. The van der Waals surface area contributed by atoms with E-state index in [2.05, 4.69) is 0 Å². The molecule has 1 rings (SSSR count). The van der Waals surface area contributed by atoms with Crippen LogP contribution in [0.4, 0.5) is 13.2 Å². The summed E-state index contributed by atoms with van der Waals surface area (Å²) in [7, 11) is 1.24. The van der Waals surface area contributed by atoms with E-state index in [0.717, 1.165) is 4.90 Å². The highest BCUT2D eigenvalue weighted by atomic mass is 35.5. The summed E-state index contributed by atoms with van der Waals surface area (Å²) in [6.07, 6.45) is -4.85. The zero-order valence-electron chi connectivity index (χ0n) is 11.6. The number of hydrogen-bond donors (Lipinski definition) is 1. The Hall–Kier alpha value is -0.980. The van der Waals surface area contributed by atoms with E-state index in [1.807, 2.05) is 0 Å². The van der Waals surface area contributed by atoms with Gasteiger partial charge in [-0.1, -0.05) is 29.3 Å². The number of carbonyl (C=O) groups excluding carboxylic acids is 1. The molecule has 2 N–H and O–H groups in total. The first-order valence-electron chi connectivity index (χ1n) is 5.97. The quantitative estimate of drug-likeness (QED) is 0.908. The van der Waals surface area contributed by atoms with Gasteiger partial charge in [-0.05, 0) is 31.5 Å². The Balaban J connectivity index is 3.08. The van der Waals surface area contributed by atoms with Gasteiger partial charge in [0.1, 0.15) is 0 Å². The van der Waals surface area contributed by atoms with Crippen LogP contribution < -0.4 is 5.73 Å².